The number of nitrogens with zero attached hydrogens (tertiary/aromatic N) is 2. The highest BCUT2D eigenvalue weighted by atomic mass is 35.5. The molecule has 0 aliphatic heterocycles. The van der Waals surface area contributed by atoms with E-state index in [-0.39, 0.29) is 0 Å². The van der Waals surface area contributed by atoms with E-state index in [2.05, 4.69) is 10.4 Å². The van der Waals surface area contributed by atoms with Crippen LogP contribution in [0.5, 0.6) is 5.75 Å². The van der Waals surface area contributed by atoms with Crippen molar-refractivity contribution in [2.24, 2.45) is 0 Å². The van der Waals surface area contributed by atoms with Crippen LogP contribution in [0.4, 0.5) is 17.2 Å². The zero-order valence-corrected chi connectivity index (χ0v) is 12.0. The summed E-state index contributed by atoms with van der Waals surface area (Å²) in [6, 6.07) is 5.48. The molecular weight excluding hydrogens is 264 g/mol. The van der Waals surface area contributed by atoms with Gasteiger partial charge in [-0.3, -0.25) is 0 Å². The van der Waals surface area contributed by atoms with Gasteiger partial charge in [0.25, 0.3) is 0 Å². The summed E-state index contributed by atoms with van der Waals surface area (Å²) >= 11 is 6.10. The molecule has 2 aromatic rings. The molecule has 0 spiro atoms. The van der Waals surface area contributed by atoms with Crippen LogP contribution in [0.25, 0.3) is 0 Å². The van der Waals surface area contributed by atoms with Gasteiger partial charge in [0.15, 0.2) is 5.82 Å². The lowest BCUT2D eigenvalue weighted by atomic mass is 10.3. The van der Waals surface area contributed by atoms with Crippen LogP contribution < -0.4 is 15.8 Å². The predicted molar refractivity (Wildman–Crippen MR) is 78.3 cm³/mol. The van der Waals surface area contributed by atoms with Crippen molar-refractivity contribution in [2.75, 3.05) is 18.2 Å². The van der Waals surface area contributed by atoms with Crippen molar-refractivity contribution < 1.29 is 4.74 Å². The third-order valence-corrected chi connectivity index (χ3v) is 3.18. The second kappa shape index (κ2) is 5.40. The van der Waals surface area contributed by atoms with Gasteiger partial charge < -0.3 is 15.8 Å². The monoisotopic (exact) mass is 280 g/mol. The molecule has 0 bridgehead atoms. The first-order chi connectivity index (χ1) is 9.06. The van der Waals surface area contributed by atoms with Gasteiger partial charge >= 0.3 is 0 Å². The number of benzene rings is 1. The number of nitrogen functional groups attached to an aromatic ring is 1. The zero-order valence-electron chi connectivity index (χ0n) is 11.2. The van der Waals surface area contributed by atoms with Crippen LogP contribution in [0, 0.1) is 6.92 Å². The number of anilines is 3. The maximum atomic E-state index is 6.10. The second-order valence-corrected chi connectivity index (χ2v) is 4.54. The molecule has 0 atom stereocenters. The van der Waals surface area contributed by atoms with E-state index in [4.69, 9.17) is 22.1 Å². The van der Waals surface area contributed by atoms with E-state index in [0.717, 1.165) is 23.7 Å². The summed E-state index contributed by atoms with van der Waals surface area (Å²) in [4.78, 5) is 0. The van der Waals surface area contributed by atoms with Gasteiger partial charge in [0.2, 0.25) is 0 Å². The Morgan fingerprint density at radius 1 is 1.47 bits per heavy atom. The fourth-order valence-electron chi connectivity index (χ4n) is 1.84. The number of aryl methyl sites for hydroxylation is 2. The molecule has 0 unspecified atom stereocenters. The molecule has 0 saturated carbocycles. The molecule has 1 heterocycles. The molecule has 0 aliphatic carbocycles. The standard InChI is InChI=1S/C13H17ClN4O/c1-4-18-13(12(15)8(2)17-18)16-9-5-6-11(19-3)10(14)7-9/h5-7,16H,4,15H2,1-3H3. The van der Waals surface area contributed by atoms with Crippen molar-refractivity contribution in [2.45, 2.75) is 20.4 Å². The number of nitrogens with two attached hydrogens (primary N) is 1. The lowest BCUT2D eigenvalue weighted by Crippen LogP contribution is -2.04. The van der Waals surface area contributed by atoms with Gasteiger partial charge in [-0.15, -0.1) is 0 Å². The van der Waals surface area contributed by atoms with E-state index in [1.807, 2.05) is 24.6 Å². The van der Waals surface area contributed by atoms with E-state index in [9.17, 15) is 0 Å². The molecule has 2 rings (SSSR count). The minimum atomic E-state index is 0.547. The van der Waals surface area contributed by atoms with Gasteiger partial charge in [-0.1, -0.05) is 11.6 Å². The molecule has 5 nitrogen and oxygen atoms in total. The van der Waals surface area contributed by atoms with Gasteiger partial charge in [-0.25, -0.2) is 4.68 Å². The van der Waals surface area contributed by atoms with Gasteiger partial charge in [-0.05, 0) is 32.0 Å². The molecular formula is C13H17ClN4O. The predicted octanol–water partition coefficient (Wildman–Crippen LogP) is 3.20. The lowest BCUT2D eigenvalue weighted by Gasteiger charge is -2.11. The van der Waals surface area contributed by atoms with Gasteiger partial charge in [-0.2, -0.15) is 5.10 Å². The van der Waals surface area contributed by atoms with Crippen LogP contribution in [0.2, 0.25) is 5.02 Å². The average molecular weight is 281 g/mol. The summed E-state index contributed by atoms with van der Waals surface area (Å²) in [7, 11) is 1.59. The van der Waals surface area contributed by atoms with Gasteiger partial charge in [0.05, 0.1) is 23.5 Å². The summed E-state index contributed by atoms with van der Waals surface area (Å²) in [5.74, 6) is 1.42. The smallest absolute Gasteiger partial charge is 0.152 e. The van der Waals surface area contributed by atoms with Crippen molar-refractivity contribution in [1.29, 1.82) is 0 Å². The molecule has 1 aromatic heterocycles. The van der Waals surface area contributed by atoms with Crippen molar-refractivity contribution in [3.05, 3.63) is 28.9 Å². The van der Waals surface area contributed by atoms with Gasteiger partial charge in [0, 0.05) is 12.2 Å². The van der Waals surface area contributed by atoms with Crippen LogP contribution in [-0.2, 0) is 6.54 Å². The summed E-state index contributed by atoms with van der Waals surface area (Å²) < 4.78 is 6.94. The van der Waals surface area contributed by atoms with Crippen LogP contribution >= 0.6 is 11.6 Å². The Bertz CT molecular complexity index is 595. The number of hydrogen-bond donors (Lipinski definition) is 2. The highest BCUT2D eigenvalue weighted by molar-refractivity contribution is 6.32. The molecule has 3 N–H and O–H groups in total. The third kappa shape index (κ3) is 2.61. The minimum Gasteiger partial charge on any atom is -0.495 e. The minimum absolute atomic E-state index is 0.547. The zero-order chi connectivity index (χ0) is 14.0. The molecule has 0 amide bonds. The molecule has 0 fully saturated rings. The first-order valence-corrected chi connectivity index (χ1v) is 6.38. The first-order valence-electron chi connectivity index (χ1n) is 6.00. The normalized spacial score (nSPS) is 10.5. The van der Waals surface area contributed by atoms with E-state index in [1.165, 1.54) is 0 Å². The molecule has 0 radical (unpaired) electrons. The van der Waals surface area contributed by atoms with E-state index < -0.39 is 0 Å². The van der Waals surface area contributed by atoms with Crippen LogP contribution in [0.15, 0.2) is 18.2 Å². The fourth-order valence-corrected chi connectivity index (χ4v) is 2.09. The van der Waals surface area contributed by atoms with Gasteiger partial charge in [0.1, 0.15) is 5.75 Å². The number of ether oxygens (including phenoxy) is 1. The molecule has 6 heteroatoms. The molecule has 0 aliphatic rings. The van der Waals surface area contributed by atoms with Crippen molar-refractivity contribution in [3.63, 3.8) is 0 Å². The second-order valence-electron chi connectivity index (χ2n) is 4.14. The highest BCUT2D eigenvalue weighted by Gasteiger charge is 2.12. The Kier molecular flexibility index (Phi) is 3.85. The lowest BCUT2D eigenvalue weighted by molar-refractivity contribution is 0.415. The topological polar surface area (TPSA) is 65.1 Å². The van der Waals surface area contributed by atoms with Crippen molar-refractivity contribution in [1.82, 2.24) is 9.78 Å². The maximum absolute atomic E-state index is 6.10. The van der Waals surface area contributed by atoms with Crippen molar-refractivity contribution >= 4 is 28.8 Å². The maximum Gasteiger partial charge on any atom is 0.152 e. The molecule has 1 aromatic carbocycles. The number of hydrogen-bond acceptors (Lipinski definition) is 4. The largest absolute Gasteiger partial charge is 0.495 e. The quantitative estimate of drug-likeness (QED) is 0.903. The summed E-state index contributed by atoms with van der Waals surface area (Å²) in [5, 5.41) is 8.14. The number of methoxy groups -OCH3 is 1. The highest BCUT2D eigenvalue weighted by Crippen LogP contribution is 2.31. The van der Waals surface area contributed by atoms with E-state index in [1.54, 1.807) is 19.2 Å². The number of halogens is 1. The Morgan fingerprint density at radius 3 is 2.79 bits per heavy atom. The number of nitrogens with one attached hydrogen (secondary N) is 1. The molecule has 102 valence electrons. The fraction of sp³-hybridized carbons (Fsp3) is 0.308. The van der Waals surface area contributed by atoms with Crippen LogP contribution in [0.3, 0.4) is 0 Å². The van der Waals surface area contributed by atoms with Crippen LogP contribution in [0.1, 0.15) is 12.6 Å². The van der Waals surface area contributed by atoms with Crippen molar-refractivity contribution in [3.8, 4) is 5.75 Å². The Hall–Kier alpha value is -1.88. The number of aromatic nitrogens is 2. The summed E-state index contributed by atoms with van der Waals surface area (Å²) in [6.07, 6.45) is 0. The SMILES string of the molecule is CCn1nc(C)c(N)c1Nc1ccc(OC)c(Cl)c1. The Balaban J connectivity index is 2.33. The Labute approximate surface area is 117 Å². The van der Waals surface area contributed by atoms with E-state index in [0.29, 0.717) is 16.5 Å². The van der Waals surface area contributed by atoms with Crippen LogP contribution in [-0.4, -0.2) is 16.9 Å². The third-order valence-electron chi connectivity index (χ3n) is 2.89. The first kappa shape index (κ1) is 13.5. The summed E-state index contributed by atoms with van der Waals surface area (Å²) in [6.45, 7) is 4.63. The summed E-state index contributed by atoms with van der Waals surface area (Å²) in [5.41, 5.74) is 8.31. The Morgan fingerprint density at radius 2 is 2.21 bits per heavy atom. The van der Waals surface area contributed by atoms with E-state index >= 15 is 0 Å². The molecule has 19 heavy (non-hydrogen) atoms. The number of rotatable bonds is 4. The average Bonchev–Trinajstić information content (AvgIpc) is 2.67. The molecule has 0 saturated heterocycles.